The zero-order valence-corrected chi connectivity index (χ0v) is 29.9. The lowest BCUT2D eigenvalue weighted by atomic mass is 9.93. The lowest BCUT2D eigenvalue weighted by Gasteiger charge is -2.18. The lowest BCUT2D eigenvalue weighted by molar-refractivity contribution is -0.121. The molecule has 0 aliphatic heterocycles. The summed E-state index contributed by atoms with van der Waals surface area (Å²) in [5, 5.41) is 3.31. The van der Waals surface area contributed by atoms with Crippen molar-refractivity contribution in [3.63, 3.8) is 0 Å². The molecule has 0 aromatic carbocycles. The van der Waals surface area contributed by atoms with Crippen molar-refractivity contribution in [3.8, 4) is 0 Å². The third-order valence-electron chi connectivity index (χ3n) is 9.46. The molecule has 0 aliphatic rings. The average molecular weight is 592 g/mol. The van der Waals surface area contributed by atoms with Crippen LogP contribution in [0.15, 0.2) is 0 Å². The van der Waals surface area contributed by atoms with Crippen LogP contribution in [-0.4, -0.2) is 12.5 Å². The number of rotatable bonds is 35. The van der Waals surface area contributed by atoms with Crippen molar-refractivity contribution in [1.82, 2.24) is 5.32 Å². The van der Waals surface area contributed by atoms with Gasteiger partial charge in [0.2, 0.25) is 5.91 Å². The van der Waals surface area contributed by atoms with Crippen LogP contribution in [0.4, 0.5) is 0 Å². The van der Waals surface area contributed by atoms with Crippen LogP contribution in [0.1, 0.15) is 233 Å². The second kappa shape index (κ2) is 35.0. The first-order valence-electron chi connectivity index (χ1n) is 19.9. The van der Waals surface area contributed by atoms with Crippen LogP contribution in [0.2, 0.25) is 0 Å². The molecule has 252 valence electrons. The highest BCUT2D eigenvalue weighted by molar-refractivity contribution is 5.75. The molecule has 0 radical (unpaired) electrons. The summed E-state index contributed by atoms with van der Waals surface area (Å²) in [5.41, 5.74) is 0. The largest absolute Gasteiger partial charge is 0.356 e. The van der Waals surface area contributed by atoms with Gasteiger partial charge >= 0.3 is 0 Å². The molecule has 0 bridgehead atoms. The van der Waals surface area contributed by atoms with Crippen LogP contribution in [-0.2, 0) is 4.79 Å². The van der Waals surface area contributed by atoms with Crippen molar-refractivity contribution in [2.45, 2.75) is 233 Å². The van der Waals surface area contributed by atoms with E-state index >= 15 is 0 Å². The van der Waals surface area contributed by atoms with E-state index in [0.29, 0.717) is 18.3 Å². The Kier molecular flexibility index (Phi) is 34.5. The second-order valence-corrected chi connectivity index (χ2v) is 14.4. The van der Waals surface area contributed by atoms with E-state index in [0.717, 1.165) is 19.4 Å². The fraction of sp³-hybridized carbons (Fsp3) is 0.975. The van der Waals surface area contributed by atoms with Crippen LogP contribution in [0.5, 0.6) is 0 Å². The summed E-state index contributed by atoms with van der Waals surface area (Å²) in [6.45, 7) is 10.0. The first-order valence-corrected chi connectivity index (χ1v) is 19.9. The molecule has 0 saturated carbocycles. The topological polar surface area (TPSA) is 29.1 Å². The number of unbranched alkanes of at least 4 members (excludes halogenated alkanes) is 25. The zero-order chi connectivity index (χ0) is 30.8. The van der Waals surface area contributed by atoms with Gasteiger partial charge in [0, 0.05) is 13.0 Å². The molecule has 0 spiro atoms. The van der Waals surface area contributed by atoms with E-state index in [1.54, 1.807) is 0 Å². The summed E-state index contributed by atoms with van der Waals surface area (Å²) in [6.07, 6.45) is 43.9. The fourth-order valence-electron chi connectivity index (χ4n) is 6.44. The van der Waals surface area contributed by atoms with Crippen LogP contribution in [0, 0.1) is 11.8 Å². The molecule has 0 aliphatic carbocycles. The molecule has 1 atom stereocenters. The minimum atomic E-state index is 0.284. The van der Waals surface area contributed by atoms with Crippen LogP contribution in [0.25, 0.3) is 0 Å². The number of amides is 1. The van der Waals surface area contributed by atoms with Gasteiger partial charge in [-0.05, 0) is 31.1 Å². The van der Waals surface area contributed by atoms with E-state index in [1.165, 1.54) is 186 Å². The summed E-state index contributed by atoms with van der Waals surface area (Å²) in [5.74, 6) is 1.66. The molecular formula is C40H81NO. The van der Waals surface area contributed by atoms with Gasteiger partial charge in [0.15, 0.2) is 0 Å². The van der Waals surface area contributed by atoms with Crippen LogP contribution < -0.4 is 5.32 Å². The molecule has 2 nitrogen and oxygen atoms in total. The Morgan fingerprint density at radius 2 is 0.738 bits per heavy atom. The SMILES string of the molecule is CCCCCCCCCCCCCCCCC(CCCCCCCCCCCCCCC)CNC(=O)CCCC(C)C. The minimum absolute atomic E-state index is 0.284. The number of hydrogen-bond donors (Lipinski definition) is 1. The number of carbonyl (C=O) groups excluding carboxylic acids is 1. The third kappa shape index (κ3) is 34.0. The second-order valence-electron chi connectivity index (χ2n) is 14.4. The maximum atomic E-state index is 12.4. The molecule has 42 heavy (non-hydrogen) atoms. The summed E-state index contributed by atoms with van der Waals surface area (Å²) >= 11 is 0. The molecule has 0 saturated heterocycles. The van der Waals surface area contributed by atoms with E-state index in [1.807, 2.05) is 0 Å². The van der Waals surface area contributed by atoms with E-state index < -0.39 is 0 Å². The van der Waals surface area contributed by atoms with Crippen molar-refractivity contribution < 1.29 is 4.79 Å². The standard InChI is InChI=1S/C40H81NO/c1-5-7-9-11-13-15-17-19-21-23-25-27-29-31-35-39(37-41-40(42)36-32-33-38(3)4)34-30-28-26-24-22-20-18-16-14-12-10-8-6-2/h38-39H,5-37H2,1-4H3,(H,41,42). The molecule has 1 amide bonds. The van der Waals surface area contributed by atoms with E-state index in [4.69, 9.17) is 0 Å². The third-order valence-corrected chi connectivity index (χ3v) is 9.46. The van der Waals surface area contributed by atoms with Crippen molar-refractivity contribution in [2.24, 2.45) is 11.8 Å². The monoisotopic (exact) mass is 592 g/mol. The Balaban J connectivity index is 3.93. The maximum absolute atomic E-state index is 12.4. The molecule has 0 aromatic rings. The Labute approximate surface area is 267 Å². The molecule has 1 unspecified atom stereocenters. The quantitative estimate of drug-likeness (QED) is 0.0730. The Hall–Kier alpha value is -0.530. The van der Waals surface area contributed by atoms with Gasteiger partial charge in [-0.25, -0.2) is 0 Å². The van der Waals surface area contributed by atoms with Gasteiger partial charge in [0.05, 0.1) is 0 Å². The highest BCUT2D eigenvalue weighted by Gasteiger charge is 2.11. The van der Waals surface area contributed by atoms with Gasteiger partial charge in [-0.3, -0.25) is 4.79 Å². The highest BCUT2D eigenvalue weighted by atomic mass is 16.1. The summed E-state index contributed by atoms with van der Waals surface area (Å²) in [4.78, 5) is 12.4. The van der Waals surface area contributed by atoms with E-state index in [2.05, 4.69) is 33.0 Å². The highest BCUT2D eigenvalue weighted by Crippen LogP contribution is 2.20. The van der Waals surface area contributed by atoms with Gasteiger partial charge in [-0.1, -0.05) is 207 Å². The molecule has 1 N–H and O–H groups in total. The van der Waals surface area contributed by atoms with E-state index in [-0.39, 0.29) is 5.91 Å². The molecule has 0 aromatic heterocycles. The number of hydrogen-bond acceptors (Lipinski definition) is 1. The molecule has 0 heterocycles. The van der Waals surface area contributed by atoms with Gasteiger partial charge in [0.25, 0.3) is 0 Å². The lowest BCUT2D eigenvalue weighted by Crippen LogP contribution is -2.29. The Morgan fingerprint density at radius 3 is 1.05 bits per heavy atom. The average Bonchev–Trinajstić information content (AvgIpc) is 2.97. The van der Waals surface area contributed by atoms with Crippen molar-refractivity contribution in [3.05, 3.63) is 0 Å². The Morgan fingerprint density at radius 1 is 0.429 bits per heavy atom. The summed E-state index contributed by atoms with van der Waals surface area (Å²) in [6, 6.07) is 0. The van der Waals surface area contributed by atoms with Gasteiger partial charge in [0.1, 0.15) is 0 Å². The number of nitrogens with one attached hydrogen (secondary N) is 1. The molecular weight excluding hydrogens is 510 g/mol. The minimum Gasteiger partial charge on any atom is -0.356 e. The molecule has 0 fully saturated rings. The first-order chi connectivity index (χ1) is 20.6. The smallest absolute Gasteiger partial charge is 0.220 e. The van der Waals surface area contributed by atoms with Crippen molar-refractivity contribution in [2.75, 3.05) is 6.54 Å². The predicted octanol–water partition coefficient (Wildman–Crippen LogP) is 13.9. The Bertz CT molecular complexity index is 516. The zero-order valence-electron chi connectivity index (χ0n) is 29.9. The first kappa shape index (κ1) is 41.5. The van der Waals surface area contributed by atoms with Crippen LogP contribution >= 0.6 is 0 Å². The molecule has 0 rings (SSSR count). The summed E-state index contributed by atoms with van der Waals surface area (Å²) in [7, 11) is 0. The van der Waals surface area contributed by atoms with Gasteiger partial charge in [-0.15, -0.1) is 0 Å². The number of carbonyl (C=O) groups is 1. The van der Waals surface area contributed by atoms with Gasteiger partial charge < -0.3 is 5.32 Å². The predicted molar refractivity (Wildman–Crippen MR) is 190 cm³/mol. The maximum Gasteiger partial charge on any atom is 0.220 e. The molecule has 2 heteroatoms. The van der Waals surface area contributed by atoms with Gasteiger partial charge in [-0.2, -0.15) is 0 Å². The van der Waals surface area contributed by atoms with Crippen molar-refractivity contribution >= 4 is 5.91 Å². The summed E-state index contributed by atoms with van der Waals surface area (Å²) < 4.78 is 0. The van der Waals surface area contributed by atoms with E-state index in [9.17, 15) is 4.79 Å². The van der Waals surface area contributed by atoms with Crippen molar-refractivity contribution in [1.29, 1.82) is 0 Å². The normalized spacial score (nSPS) is 12.3. The fourth-order valence-corrected chi connectivity index (χ4v) is 6.44. The van der Waals surface area contributed by atoms with Crippen LogP contribution in [0.3, 0.4) is 0 Å².